The maximum absolute atomic E-state index is 14.5. The second-order valence-electron chi connectivity index (χ2n) is 9.47. The summed E-state index contributed by atoms with van der Waals surface area (Å²) in [6.07, 6.45) is -2.38. The third-order valence-corrected chi connectivity index (χ3v) is 5.66. The van der Waals surface area contributed by atoms with E-state index in [-0.39, 0.29) is 55.4 Å². The molecule has 222 valence electrons. The van der Waals surface area contributed by atoms with Gasteiger partial charge in [-0.2, -0.15) is 8.78 Å². The fourth-order valence-corrected chi connectivity index (χ4v) is 3.85. The van der Waals surface area contributed by atoms with Crippen LogP contribution in [0.3, 0.4) is 0 Å². The average Bonchev–Trinajstić information content (AvgIpc) is 3.50. The van der Waals surface area contributed by atoms with Crippen LogP contribution in [0.4, 0.5) is 32.2 Å². The summed E-state index contributed by atoms with van der Waals surface area (Å²) in [5.74, 6) is -5.04. The predicted molar refractivity (Wildman–Crippen MR) is 128 cm³/mol. The lowest BCUT2D eigenvalue weighted by Gasteiger charge is -2.37. The van der Waals surface area contributed by atoms with Gasteiger partial charge in [0.05, 0.1) is 38.6 Å². The highest BCUT2D eigenvalue weighted by Crippen LogP contribution is 2.26. The van der Waals surface area contributed by atoms with Gasteiger partial charge in [-0.25, -0.2) is 22.2 Å². The molecule has 1 atom stereocenters. The number of rotatable bonds is 13. The van der Waals surface area contributed by atoms with Crippen molar-refractivity contribution in [3.8, 4) is 5.75 Å². The van der Waals surface area contributed by atoms with Crippen molar-refractivity contribution in [1.29, 1.82) is 0 Å². The molecule has 18 heteroatoms. The third-order valence-electron chi connectivity index (χ3n) is 5.66. The molecular formula is C23H25F6N9O3. The van der Waals surface area contributed by atoms with E-state index >= 15 is 0 Å². The van der Waals surface area contributed by atoms with Crippen LogP contribution in [-0.4, -0.2) is 84.5 Å². The van der Waals surface area contributed by atoms with Gasteiger partial charge in [-0.05, 0) is 18.2 Å². The summed E-state index contributed by atoms with van der Waals surface area (Å²) in [6.45, 7) is -1.20. The topological polar surface area (TPSA) is 132 Å². The molecule has 3 aromatic rings. The van der Waals surface area contributed by atoms with Crippen molar-refractivity contribution in [3.63, 3.8) is 0 Å². The summed E-state index contributed by atoms with van der Waals surface area (Å²) in [6, 6.07) is 3.00. The molecule has 0 saturated carbocycles. The predicted octanol–water partition coefficient (Wildman–Crippen LogP) is 2.25. The number of hydrogen-bond acceptors (Lipinski definition) is 8. The van der Waals surface area contributed by atoms with Crippen LogP contribution in [0.15, 0.2) is 30.6 Å². The molecule has 2 N–H and O–H groups in total. The van der Waals surface area contributed by atoms with Crippen LogP contribution in [0.2, 0.25) is 0 Å². The fourth-order valence-electron chi connectivity index (χ4n) is 3.85. The van der Waals surface area contributed by atoms with Crippen molar-refractivity contribution >= 4 is 17.6 Å². The van der Waals surface area contributed by atoms with Crippen molar-refractivity contribution in [2.24, 2.45) is 0 Å². The average molecular weight is 590 g/mol. The molecule has 12 nitrogen and oxygen atoms in total. The number of likely N-dealkylation sites (tertiary alicyclic amines) is 1. The number of ether oxygens (including phenoxy) is 1. The van der Waals surface area contributed by atoms with E-state index in [0.717, 1.165) is 18.2 Å². The first-order chi connectivity index (χ1) is 19.2. The van der Waals surface area contributed by atoms with Crippen LogP contribution in [0.5, 0.6) is 5.75 Å². The van der Waals surface area contributed by atoms with Gasteiger partial charge in [0.25, 0.3) is 11.8 Å². The minimum Gasteiger partial charge on any atom is -0.433 e. The highest BCUT2D eigenvalue weighted by Gasteiger charge is 2.44. The summed E-state index contributed by atoms with van der Waals surface area (Å²) in [7, 11) is 0. The number of nitrogens with zero attached hydrogens (tertiary/aromatic N) is 7. The quantitative estimate of drug-likeness (QED) is 0.290. The molecule has 2 amide bonds. The monoisotopic (exact) mass is 589 g/mol. The Labute approximate surface area is 228 Å². The van der Waals surface area contributed by atoms with Crippen LogP contribution in [0.1, 0.15) is 29.4 Å². The maximum Gasteiger partial charge on any atom is 0.394 e. The molecule has 1 fully saturated rings. The van der Waals surface area contributed by atoms with E-state index in [1.54, 1.807) is 0 Å². The molecule has 1 aliphatic heterocycles. The fraction of sp³-hybridized carbons (Fsp3) is 0.478. The van der Waals surface area contributed by atoms with Crippen LogP contribution in [0.25, 0.3) is 0 Å². The SMILES string of the molecule is CC(F)(F)Oc1ccc(F)c(CNC(=O)c2cn(CCC(F)Cn3cc(NC(=O)CN4CC(F)(F)C4)nn3)nn2)c1. The molecule has 4 rings (SSSR count). The lowest BCUT2D eigenvalue weighted by molar-refractivity contribution is -0.159. The zero-order valence-corrected chi connectivity index (χ0v) is 21.5. The van der Waals surface area contributed by atoms with Crippen LogP contribution in [-0.2, 0) is 24.4 Å². The van der Waals surface area contributed by atoms with Crippen LogP contribution in [0, 0.1) is 5.82 Å². The first-order valence-electron chi connectivity index (χ1n) is 12.2. The zero-order valence-electron chi connectivity index (χ0n) is 21.5. The smallest absolute Gasteiger partial charge is 0.394 e. The summed E-state index contributed by atoms with van der Waals surface area (Å²) in [4.78, 5) is 25.5. The Balaban J connectivity index is 1.19. The van der Waals surface area contributed by atoms with Crippen molar-refractivity contribution in [3.05, 3.63) is 47.7 Å². The number of benzene rings is 1. The molecule has 0 spiro atoms. The van der Waals surface area contributed by atoms with Gasteiger partial charge < -0.3 is 15.4 Å². The number of carbonyl (C=O) groups is 2. The van der Waals surface area contributed by atoms with E-state index in [1.165, 1.54) is 26.7 Å². The molecule has 0 aliphatic carbocycles. The number of aryl methyl sites for hydroxylation is 1. The summed E-state index contributed by atoms with van der Waals surface area (Å²) in [5.41, 5.74) is -0.226. The Morgan fingerprint density at radius 3 is 2.59 bits per heavy atom. The van der Waals surface area contributed by atoms with Gasteiger partial charge >= 0.3 is 6.11 Å². The third kappa shape index (κ3) is 8.89. The molecule has 0 bridgehead atoms. The second-order valence-corrected chi connectivity index (χ2v) is 9.47. The molecule has 3 heterocycles. The molecule has 0 radical (unpaired) electrons. The van der Waals surface area contributed by atoms with Crippen LogP contribution < -0.4 is 15.4 Å². The van der Waals surface area contributed by atoms with Gasteiger partial charge in [0.1, 0.15) is 17.7 Å². The van der Waals surface area contributed by atoms with Gasteiger partial charge in [-0.15, -0.1) is 10.2 Å². The van der Waals surface area contributed by atoms with Gasteiger partial charge in [-0.3, -0.25) is 19.2 Å². The number of nitrogens with one attached hydrogen (secondary N) is 2. The molecule has 1 unspecified atom stereocenters. The second kappa shape index (κ2) is 12.1. The number of anilines is 1. The Bertz CT molecular complexity index is 1370. The minimum atomic E-state index is -3.47. The normalized spacial score (nSPS) is 15.7. The van der Waals surface area contributed by atoms with Crippen molar-refractivity contribution in [1.82, 2.24) is 40.2 Å². The standard InChI is InChI=1S/C23H25F6N9O3/c1-22(26,27)41-16-2-3-17(25)14(6-16)7-30-21(40)18-9-37(34-32-18)5-4-15(24)8-38-10-19(33-35-38)31-20(39)11-36-12-23(28,29)13-36/h2-3,6,9-10,15H,4-5,7-8,11-13H2,1H3,(H,30,40)(H,31,39). The number of halogens is 6. The molecular weight excluding hydrogens is 564 g/mol. The van der Waals surface area contributed by atoms with Gasteiger partial charge in [0, 0.05) is 32.0 Å². The van der Waals surface area contributed by atoms with Crippen molar-refractivity contribution < 1.29 is 40.7 Å². The number of amides is 2. The number of alkyl halides is 5. The summed E-state index contributed by atoms with van der Waals surface area (Å²) < 4.78 is 87.1. The first-order valence-corrected chi connectivity index (χ1v) is 12.2. The number of hydrogen-bond donors (Lipinski definition) is 2. The Hall–Kier alpha value is -4.22. The molecule has 2 aromatic heterocycles. The lowest BCUT2D eigenvalue weighted by atomic mass is 10.1. The number of carbonyl (C=O) groups excluding carboxylic acids is 2. The van der Waals surface area contributed by atoms with E-state index in [0.29, 0.717) is 6.92 Å². The molecule has 41 heavy (non-hydrogen) atoms. The van der Waals surface area contributed by atoms with E-state index in [1.807, 2.05) is 0 Å². The number of aromatic nitrogens is 6. The van der Waals surface area contributed by atoms with E-state index in [2.05, 4.69) is 36.0 Å². The minimum absolute atomic E-state index is 0.0411. The Morgan fingerprint density at radius 1 is 1.15 bits per heavy atom. The van der Waals surface area contributed by atoms with Gasteiger partial charge in [0.2, 0.25) is 5.91 Å². The molecule has 1 aromatic carbocycles. The molecule has 1 saturated heterocycles. The van der Waals surface area contributed by atoms with Crippen LogP contribution >= 0.6 is 0 Å². The van der Waals surface area contributed by atoms with Crippen molar-refractivity contribution in [2.45, 2.75) is 51.2 Å². The van der Waals surface area contributed by atoms with E-state index in [4.69, 9.17) is 0 Å². The summed E-state index contributed by atoms with van der Waals surface area (Å²) >= 11 is 0. The maximum atomic E-state index is 14.5. The highest BCUT2D eigenvalue weighted by atomic mass is 19.3. The highest BCUT2D eigenvalue weighted by molar-refractivity contribution is 5.92. The zero-order chi connectivity index (χ0) is 29.8. The molecule has 1 aliphatic rings. The summed E-state index contributed by atoms with van der Waals surface area (Å²) in [5, 5.41) is 19.7. The Kier molecular flexibility index (Phi) is 8.79. The first kappa shape index (κ1) is 29.8. The van der Waals surface area contributed by atoms with Crippen molar-refractivity contribution in [2.75, 3.05) is 25.0 Å². The van der Waals surface area contributed by atoms with Gasteiger partial charge in [0.15, 0.2) is 11.5 Å². The van der Waals surface area contributed by atoms with Gasteiger partial charge in [-0.1, -0.05) is 10.4 Å². The van der Waals surface area contributed by atoms with E-state index in [9.17, 15) is 35.9 Å². The lowest BCUT2D eigenvalue weighted by Crippen LogP contribution is -2.57. The largest absolute Gasteiger partial charge is 0.433 e. The van der Waals surface area contributed by atoms with E-state index < -0.39 is 48.9 Å². The Morgan fingerprint density at radius 2 is 1.88 bits per heavy atom.